The molecule has 0 aliphatic carbocycles. The van der Waals surface area contributed by atoms with Gasteiger partial charge in [0.2, 0.25) is 0 Å². The molecule has 1 fully saturated rings. The van der Waals surface area contributed by atoms with Crippen molar-refractivity contribution in [1.29, 1.82) is 0 Å². The van der Waals surface area contributed by atoms with Gasteiger partial charge in [0.15, 0.2) is 0 Å². The van der Waals surface area contributed by atoms with Crippen LogP contribution in [0, 0.1) is 0 Å². The lowest BCUT2D eigenvalue weighted by Crippen LogP contribution is -2.49. The molecule has 2 N–H and O–H groups in total. The molecule has 1 aliphatic rings. The fourth-order valence-corrected chi connectivity index (χ4v) is 4.96. The molecule has 3 aromatic carbocycles. The Morgan fingerprint density at radius 2 is 1.79 bits per heavy atom. The molecule has 0 saturated carbocycles. The maximum Gasteiger partial charge on any atom is 0.303 e. The van der Waals surface area contributed by atoms with Gasteiger partial charge in [-0.15, -0.1) is 0 Å². The molecule has 7 heteroatoms. The summed E-state index contributed by atoms with van der Waals surface area (Å²) in [4.78, 5) is 29.3. The minimum atomic E-state index is -0.905. The fraction of sp³-hybridized carbons (Fsp3) is 0.258. The standard InChI is InChI=1S/C31H30N2O5/c34-29(35)12-10-24-8-7-22(21-38-27-6-3-15-32-20-27)18-28(24)30(36)33-31(13-16-37-17-14-31)26-11-9-23-4-1-2-5-25(23)19-26/h1-9,11,15,18-20H,10,12-14,16-17,21H2,(H,33,36)(H,34,35). The molecule has 1 aliphatic heterocycles. The van der Waals surface area contributed by atoms with Crippen molar-refractivity contribution in [2.24, 2.45) is 0 Å². The highest BCUT2D eigenvalue weighted by Gasteiger charge is 2.36. The number of aryl methyl sites for hydroxylation is 1. The van der Waals surface area contributed by atoms with Crippen LogP contribution < -0.4 is 10.1 Å². The third-order valence-electron chi connectivity index (χ3n) is 7.07. The van der Waals surface area contributed by atoms with Gasteiger partial charge in [0.1, 0.15) is 12.4 Å². The fourth-order valence-electron chi connectivity index (χ4n) is 4.96. The van der Waals surface area contributed by atoms with Crippen molar-refractivity contribution < 1.29 is 24.2 Å². The number of hydrogen-bond acceptors (Lipinski definition) is 5. The molecular formula is C31H30N2O5. The van der Waals surface area contributed by atoms with Crippen LogP contribution in [0.3, 0.4) is 0 Å². The zero-order chi connectivity index (χ0) is 26.4. The van der Waals surface area contributed by atoms with Crippen LogP contribution in [-0.4, -0.2) is 35.2 Å². The minimum Gasteiger partial charge on any atom is -0.487 e. The number of carbonyl (C=O) groups excluding carboxylic acids is 1. The van der Waals surface area contributed by atoms with Crippen LogP contribution in [0.2, 0.25) is 0 Å². The molecule has 5 rings (SSSR count). The van der Waals surface area contributed by atoms with E-state index in [1.807, 2.05) is 30.3 Å². The predicted octanol–water partition coefficient (Wildman–Crippen LogP) is 5.27. The number of nitrogens with one attached hydrogen (secondary N) is 1. The van der Waals surface area contributed by atoms with Crippen LogP contribution in [0.15, 0.2) is 85.2 Å². The number of pyridine rings is 1. The maximum absolute atomic E-state index is 13.9. The number of carboxylic acid groups (broad SMARTS) is 1. The highest BCUT2D eigenvalue weighted by Crippen LogP contribution is 2.34. The van der Waals surface area contributed by atoms with Gasteiger partial charge >= 0.3 is 5.97 Å². The molecule has 1 aromatic heterocycles. The van der Waals surface area contributed by atoms with Crippen LogP contribution in [-0.2, 0) is 28.1 Å². The first kappa shape index (κ1) is 25.4. The summed E-state index contributed by atoms with van der Waals surface area (Å²) in [6.45, 7) is 1.34. The quantitative estimate of drug-likeness (QED) is 0.319. The van der Waals surface area contributed by atoms with E-state index in [-0.39, 0.29) is 25.4 Å². The largest absolute Gasteiger partial charge is 0.487 e. The number of aliphatic carboxylic acids is 1. The van der Waals surface area contributed by atoms with Crippen LogP contribution in [0.4, 0.5) is 0 Å². The smallest absolute Gasteiger partial charge is 0.303 e. The van der Waals surface area contributed by atoms with Gasteiger partial charge in [-0.3, -0.25) is 14.6 Å². The topological polar surface area (TPSA) is 97.8 Å². The van der Waals surface area contributed by atoms with Crippen molar-refractivity contribution in [3.8, 4) is 5.75 Å². The Bertz CT molecular complexity index is 1430. The number of amides is 1. The summed E-state index contributed by atoms with van der Waals surface area (Å²) in [5.41, 5.74) is 2.41. The first-order valence-corrected chi connectivity index (χ1v) is 12.8. The number of carbonyl (C=O) groups is 2. The second kappa shape index (κ2) is 11.4. The number of rotatable bonds is 9. The Kier molecular flexibility index (Phi) is 7.65. The molecule has 4 aromatic rings. The van der Waals surface area contributed by atoms with Crippen molar-refractivity contribution in [1.82, 2.24) is 10.3 Å². The molecule has 0 radical (unpaired) electrons. The number of fused-ring (bicyclic) bond motifs is 1. The van der Waals surface area contributed by atoms with Gasteiger partial charge in [0.25, 0.3) is 5.91 Å². The van der Waals surface area contributed by atoms with E-state index in [2.05, 4.69) is 40.6 Å². The molecule has 7 nitrogen and oxygen atoms in total. The molecule has 2 heterocycles. The number of ether oxygens (including phenoxy) is 2. The second-order valence-electron chi connectivity index (χ2n) is 9.57. The molecule has 0 bridgehead atoms. The third-order valence-corrected chi connectivity index (χ3v) is 7.07. The summed E-state index contributed by atoms with van der Waals surface area (Å²) in [6, 6.07) is 23.6. The zero-order valence-electron chi connectivity index (χ0n) is 21.1. The van der Waals surface area contributed by atoms with E-state index >= 15 is 0 Å². The van der Waals surface area contributed by atoms with E-state index in [1.54, 1.807) is 24.5 Å². The molecule has 1 saturated heterocycles. The Morgan fingerprint density at radius 1 is 0.974 bits per heavy atom. The Balaban J connectivity index is 1.45. The van der Waals surface area contributed by atoms with E-state index in [4.69, 9.17) is 9.47 Å². The van der Waals surface area contributed by atoms with Crippen molar-refractivity contribution in [2.45, 2.75) is 37.8 Å². The molecule has 0 spiro atoms. The Hall–Kier alpha value is -4.23. The summed E-state index contributed by atoms with van der Waals surface area (Å²) < 4.78 is 11.5. The van der Waals surface area contributed by atoms with Crippen molar-refractivity contribution in [2.75, 3.05) is 13.2 Å². The van der Waals surface area contributed by atoms with Gasteiger partial charge < -0.3 is 19.9 Å². The summed E-state index contributed by atoms with van der Waals surface area (Å²) >= 11 is 0. The van der Waals surface area contributed by atoms with Crippen LogP contribution >= 0.6 is 0 Å². The zero-order valence-corrected chi connectivity index (χ0v) is 21.1. The first-order valence-electron chi connectivity index (χ1n) is 12.8. The predicted molar refractivity (Wildman–Crippen MR) is 144 cm³/mol. The summed E-state index contributed by atoms with van der Waals surface area (Å²) in [5.74, 6) is -0.507. The van der Waals surface area contributed by atoms with Crippen molar-refractivity contribution in [3.05, 3.63) is 107 Å². The Labute approximate surface area is 221 Å². The maximum atomic E-state index is 13.9. The van der Waals surface area contributed by atoms with E-state index in [0.717, 1.165) is 21.9 Å². The lowest BCUT2D eigenvalue weighted by Gasteiger charge is -2.39. The monoisotopic (exact) mass is 510 g/mol. The van der Waals surface area contributed by atoms with Crippen molar-refractivity contribution in [3.63, 3.8) is 0 Å². The average Bonchev–Trinajstić information content (AvgIpc) is 2.96. The molecule has 38 heavy (non-hydrogen) atoms. The van der Waals surface area contributed by atoms with Gasteiger partial charge in [-0.25, -0.2) is 0 Å². The summed E-state index contributed by atoms with van der Waals surface area (Å²) in [6.07, 6.45) is 4.79. The van der Waals surface area contributed by atoms with Crippen molar-refractivity contribution >= 4 is 22.6 Å². The van der Waals surface area contributed by atoms with E-state index in [0.29, 0.717) is 42.9 Å². The molecule has 194 valence electrons. The van der Waals surface area contributed by atoms with E-state index in [1.165, 1.54) is 0 Å². The highest BCUT2D eigenvalue weighted by atomic mass is 16.5. The number of carboxylic acids is 1. The molecular weight excluding hydrogens is 480 g/mol. The number of hydrogen-bond donors (Lipinski definition) is 2. The normalized spacial score (nSPS) is 14.6. The number of aromatic nitrogens is 1. The lowest BCUT2D eigenvalue weighted by atomic mass is 9.81. The SMILES string of the molecule is O=C(O)CCc1ccc(COc2cccnc2)cc1C(=O)NC1(c2ccc3ccccc3c2)CCOCC1. The van der Waals surface area contributed by atoms with Crippen LogP contribution in [0.5, 0.6) is 5.75 Å². The van der Waals surface area contributed by atoms with E-state index < -0.39 is 11.5 Å². The van der Waals surface area contributed by atoms with Crippen LogP contribution in [0.1, 0.15) is 46.3 Å². The van der Waals surface area contributed by atoms with Gasteiger partial charge in [0, 0.05) is 31.4 Å². The third kappa shape index (κ3) is 5.84. The first-order chi connectivity index (χ1) is 18.5. The molecule has 0 atom stereocenters. The average molecular weight is 511 g/mol. The molecule has 1 amide bonds. The van der Waals surface area contributed by atoms with Gasteiger partial charge in [-0.1, -0.05) is 48.5 Å². The lowest BCUT2D eigenvalue weighted by molar-refractivity contribution is -0.136. The molecule has 0 unspecified atom stereocenters. The summed E-state index contributed by atoms with van der Waals surface area (Å²) in [7, 11) is 0. The van der Waals surface area contributed by atoms with E-state index in [9.17, 15) is 14.7 Å². The Morgan fingerprint density at radius 3 is 2.55 bits per heavy atom. The number of benzene rings is 3. The summed E-state index contributed by atoms with van der Waals surface area (Å²) in [5, 5.41) is 14.9. The minimum absolute atomic E-state index is 0.0601. The van der Waals surface area contributed by atoms with Gasteiger partial charge in [-0.2, -0.15) is 0 Å². The second-order valence-corrected chi connectivity index (χ2v) is 9.57. The van der Waals surface area contributed by atoms with Crippen LogP contribution in [0.25, 0.3) is 10.8 Å². The van der Waals surface area contributed by atoms with Gasteiger partial charge in [-0.05, 0) is 71.0 Å². The highest BCUT2D eigenvalue weighted by molar-refractivity contribution is 5.96. The van der Waals surface area contributed by atoms with Gasteiger partial charge in [0.05, 0.1) is 11.7 Å². The number of nitrogens with zero attached hydrogens (tertiary/aromatic N) is 1.